The van der Waals surface area contributed by atoms with Gasteiger partial charge in [-0.1, -0.05) is 0 Å². The maximum atomic E-state index is 9.37. The minimum atomic E-state index is -5.45. The third-order valence-electron chi connectivity index (χ3n) is 15.6. The number of allylic oxidation sites excluding steroid dienone is 2. The van der Waals surface area contributed by atoms with Gasteiger partial charge >= 0.3 is 424 Å². The van der Waals surface area contributed by atoms with Crippen LogP contribution >= 0.6 is 17.0 Å². The molecule has 8 rings (SSSR count). The molecule has 355 valence electrons. The fourth-order valence-electron chi connectivity index (χ4n) is 11.5. The van der Waals surface area contributed by atoms with E-state index in [1.54, 1.807) is 0 Å². The molecule has 2 unspecified atom stereocenters. The van der Waals surface area contributed by atoms with E-state index < -0.39 is 21.5 Å². The van der Waals surface area contributed by atoms with Gasteiger partial charge in [0.1, 0.15) is 0 Å². The Kier molecular flexibility index (Phi) is 13.9. The molecule has 0 saturated carbocycles. The Labute approximate surface area is 420 Å². The van der Waals surface area contributed by atoms with E-state index in [1.165, 1.54) is 100 Å². The van der Waals surface area contributed by atoms with E-state index in [1.807, 2.05) is 0 Å². The van der Waals surface area contributed by atoms with Crippen molar-refractivity contribution < 1.29 is 15.6 Å². The molecule has 0 fully saturated rings. The van der Waals surface area contributed by atoms with Crippen LogP contribution in [-0.2, 0) is 26.4 Å². The Balaban J connectivity index is 1.51. The Morgan fingerprint density at radius 2 is 0.735 bits per heavy atom. The first kappa shape index (κ1) is 50.9. The van der Waals surface area contributed by atoms with Crippen molar-refractivity contribution in [2.45, 2.75) is 152 Å². The van der Waals surface area contributed by atoms with E-state index in [9.17, 15) is 17.0 Å². The summed E-state index contributed by atoms with van der Waals surface area (Å²) in [4.78, 5) is 0. The summed E-state index contributed by atoms with van der Waals surface area (Å²) in [5, 5.41) is 0. The fraction of sp³-hybridized carbons (Fsp3) is 0.375. The van der Waals surface area contributed by atoms with Gasteiger partial charge in [-0.2, -0.15) is 0 Å². The second-order valence-electron chi connectivity index (χ2n) is 24.1. The molecule has 0 bridgehead atoms. The molecule has 68 heavy (non-hydrogen) atoms. The van der Waals surface area contributed by atoms with E-state index in [2.05, 4.69) is 244 Å². The van der Waals surface area contributed by atoms with Gasteiger partial charge in [0.05, 0.1) is 0 Å². The van der Waals surface area contributed by atoms with Crippen LogP contribution in [0.3, 0.4) is 0 Å². The summed E-state index contributed by atoms with van der Waals surface area (Å²) in [6, 6.07) is 46.8. The van der Waals surface area contributed by atoms with Crippen LogP contribution in [0, 0.1) is 0 Å². The molecule has 0 heterocycles. The summed E-state index contributed by atoms with van der Waals surface area (Å²) in [6.07, 6.45) is 5.10. The van der Waals surface area contributed by atoms with Crippen molar-refractivity contribution in [1.82, 2.24) is 0 Å². The molecule has 0 N–H and O–H groups in total. The Morgan fingerprint density at radius 3 is 1.00 bits per heavy atom. The normalized spacial score (nSPS) is 17.0. The van der Waals surface area contributed by atoms with Gasteiger partial charge in [0, 0.05) is 0 Å². The Hall–Kier alpha value is -3.52. The second-order valence-corrected chi connectivity index (χ2v) is 66.6. The molecular weight excluding hydrogens is 959 g/mol. The van der Waals surface area contributed by atoms with Crippen molar-refractivity contribution in [2.24, 2.45) is 0 Å². The van der Waals surface area contributed by atoms with Gasteiger partial charge in [0.25, 0.3) is 0 Å². The zero-order chi connectivity index (χ0) is 49.4. The molecule has 6 aromatic carbocycles. The SMILES string of the molecule is CC(C)c1cc(-c2c(C(C)(C)C)ccc3c2C=C(c2ccccc2)[CH]3[Zr]([Cl])([Cl])([CH]2C(c3ccccc3)=Cc3c2ccc(C(C)(C)C)c3-c2cc(C(C)C)cc(C(C)C)c2)[SiH](C)C)cc(C(C)C)c1. The number of halogens is 2. The average Bonchev–Trinajstić information content (AvgIpc) is 3.89. The maximum absolute atomic E-state index is 9.37. The van der Waals surface area contributed by atoms with Crippen LogP contribution in [0.25, 0.3) is 45.6 Å². The molecule has 0 saturated heterocycles. The molecule has 4 heteroatoms. The van der Waals surface area contributed by atoms with E-state index >= 15 is 0 Å². The predicted molar refractivity (Wildman–Crippen MR) is 302 cm³/mol. The van der Waals surface area contributed by atoms with Crippen LogP contribution in [0.2, 0.25) is 13.1 Å². The molecule has 0 spiro atoms. The van der Waals surface area contributed by atoms with Crippen LogP contribution in [0.1, 0.15) is 195 Å². The number of fused-ring (bicyclic) bond motifs is 2. The summed E-state index contributed by atoms with van der Waals surface area (Å²) < 4.78 is -0.278. The van der Waals surface area contributed by atoms with Crippen molar-refractivity contribution in [2.75, 3.05) is 0 Å². The zero-order valence-electron chi connectivity index (χ0n) is 44.0. The summed E-state index contributed by atoms with van der Waals surface area (Å²) in [5.74, 6) is -0.372. The van der Waals surface area contributed by atoms with Gasteiger partial charge in [0.2, 0.25) is 0 Å². The number of hydrogen-bond acceptors (Lipinski definition) is 0. The van der Waals surface area contributed by atoms with E-state index in [0.717, 1.165) is 0 Å². The average molecular weight is 1040 g/mol. The molecule has 2 atom stereocenters. The van der Waals surface area contributed by atoms with E-state index in [-0.39, 0.29) is 18.1 Å². The van der Waals surface area contributed by atoms with Crippen LogP contribution in [0.15, 0.2) is 121 Å². The van der Waals surface area contributed by atoms with Crippen LogP contribution in [-0.4, -0.2) is 5.92 Å². The van der Waals surface area contributed by atoms with Gasteiger partial charge in [-0.05, 0) is 0 Å². The van der Waals surface area contributed by atoms with Crippen molar-refractivity contribution in [3.63, 3.8) is 0 Å². The minimum absolute atomic E-state index is 0.112. The predicted octanol–water partition coefficient (Wildman–Crippen LogP) is 20.0. The molecule has 2 aliphatic carbocycles. The van der Waals surface area contributed by atoms with Crippen LogP contribution in [0.5, 0.6) is 0 Å². The molecule has 0 nitrogen and oxygen atoms in total. The first-order valence-electron chi connectivity index (χ1n) is 25.6. The first-order chi connectivity index (χ1) is 31.8. The molecule has 2 aliphatic rings. The topological polar surface area (TPSA) is 0 Å². The standard InChI is InChI=1S/2C31H35.C2H7Si.2ClH.Zr/c2*1-20(2)24-16-25(21(3)4)18-27(17-24)30-28-19-26(22-11-9-8-10-12-22)15-23(28)13-14-29(30)31(5,6)7;1-3-2;;;/h2*8-21H,1-7H3;3H,1-2H3;2*1H;/q;;;;;+2/p-2. The summed E-state index contributed by atoms with van der Waals surface area (Å²) >= 11 is -5.45. The van der Waals surface area contributed by atoms with Crippen molar-refractivity contribution >= 4 is 46.2 Å². The van der Waals surface area contributed by atoms with Gasteiger partial charge in [-0.15, -0.1) is 0 Å². The quantitative estimate of drug-likeness (QED) is 0.113. The number of hydrogen-bond donors (Lipinski definition) is 0. The zero-order valence-corrected chi connectivity index (χ0v) is 49.1. The molecule has 0 aromatic heterocycles. The van der Waals surface area contributed by atoms with Crippen molar-refractivity contribution in [3.05, 3.63) is 188 Å². The molecule has 0 aliphatic heterocycles. The summed E-state index contributed by atoms with van der Waals surface area (Å²) in [6.45, 7) is 37.8. The van der Waals surface area contributed by atoms with Crippen LogP contribution in [0.4, 0.5) is 0 Å². The Bertz CT molecular complexity index is 2690. The monoisotopic (exact) mass is 1030 g/mol. The molecule has 0 amide bonds. The summed E-state index contributed by atoms with van der Waals surface area (Å²) in [7, 11) is 18.7. The number of benzene rings is 6. The van der Waals surface area contributed by atoms with Crippen LogP contribution < -0.4 is 0 Å². The Morgan fingerprint density at radius 1 is 0.426 bits per heavy atom. The van der Waals surface area contributed by atoms with Gasteiger partial charge in [0.15, 0.2) is 0 Å². The van der Waals surface area contributed by atoms with Crippen molar-refractivity contribution in [1.29, 1.82) is 0 Å². The van der Waals surface area contributed by atoms with Gasteiger partial charge in [-0.25, -0.2) is 0 Å². The van der Waals surface area contributed by atoms with Gasteiger partial charge in [-0.3, -0.25) is 0 Å². The van der Waals surface area contributed by atoms with E-state index in [0.29, 0.717) is 23.7 Å². The fourth-order valence-corrected chi connectivity index (χ4v) is 41.6. The first-order valence-corrected chi connectivity index (χ1v) is 41.9. The molecular formula is C64H77Cl2SiZr. The third kappa shape index (κ3) is 8.95. The van der Waals surface area contributed by atoms with E-state index in [4.69, 9.17) is 0 Å². The molecule has 6 aromatic rings. The van der Waals surface area contributed by atoms with Gasteiger partial charge < -0.3 is 0 Å². The third-order valence-corrected chi connectivity index (χ3v) is 67.2. The number of rotatable bonds is 11. The second kappa shape index (κ2) is 18.6. The van der Waals surface area contributed by atoms with Crippen molar-refractivity contribution in [3.8, 4) is 22.3 Å². The molecule has 0 radical (unpaired) electrons. The summed E-state index contributed by atoms with van der Waals surface area (Å²) in [5.41, 5.74) is 23.5.